The van der Waals surface area contributed by atoms with E-state index in [1.54, 1.807) is 12.1 Å². The van der Waals surface area contributed by atoms with Crippen LogP contribution in [0.5, 0.6) is 11.5 Å². The number of carbonyl (C=O) groups excluding carboxylic acids is 2. The number of halogens is 1. The molecule has 5 nitrogen and oxygen atoms in total. The van der Waals surface area contributed by atoms with Crippen LogP contribution in [0.3, 0.4) is 0 Å². The molecule has 1 heterocycles. The van der Waals surface area contributed by atoms with E-state index in [1.165, 1.54) is 6.92 Å². The second kappa shape index (κ2) is 6.16. The lowest BCUT2D eigenvalue weighted by atomic mass is 9.84. The molecule has 0 fully saturated rings. The highest BCUT2D eigenvalue weighted by Crippen LogP contribution is 2.40. The molecule has 0 bridgehead atoms. The Balaban J connectivity index is 2.11. The van der Waals surface area contributed by atoms with Gasteiger partial charge in [-0.15, -0.1) is 0 Å². The molecule has 2 rings (SSSR count). The number of fused-ring (bicyclic) bond motifs is 1. The third-order valence-corrected chi connectivity index (χ3v) is 3.90. The summed E-state index contributed by atoms with van der Waals surface area (Å²) < 4.78 is 10.5. The monoisotopic (exact) mass is 325 g/mol. The van der Waals surface area contributed by atoms with Gasteiger partial charge >= 0.3 is 0 Å². The summed E-state index contributed by atoms with van der Waals surface area (Å²) in [4.78, 5) is 24.0. The topological polar surface area (TPSA) is 64.6 Å². The van der Waals surface area contributed by atoms with Gasteiger partial charge in [-0.05, 0) is 24.0 Å². The highest BCUT2D eigenvalue weighted by Gasteiger charge is 2.30. The van der Waals surface area contributed by atoms with Crippen LogP contribution < -0.4 is 14.8 Å². The minimum absolute atomic E-state index is 0.0716. The Hall–Kier alpha value is -1.75. The van der Waals surface area contributed by atoms with Crippen molar-refractivity contribution in [1.82, 2.24) is 5.32 Å². The SMILES string of the molecule is CC(=O)C(NC(=O)Cc1ccc2c(c1Cl)OCO2)C(C)(C)C. The minimum atomic E-state index is -0.534. The van der Waals surface area contributed by atoms with Crippen molar-refractivity contribution in [2.75, 3.05) is 6.79 Å². The largest absolute Gasteiger partial charge is 0.454 e. The number of hydrogen-bond donors (Lipinski definition) is 1. The first-order valence-corrected chi connectivity index (χ1v) is 7.44. The Morgan fingerprint density at radius 2 is 2.00 bits per heavy atom. The first-order chi connectivity index (χ1) is 10.2. The maximum Gasteiger partial charge on any atom is 0.231 e. The lowest BCUT2D eigenvalue weighted by Gasteiger charge is -2.29. The van der Waals surface area contributed by atoms with Gasteiger partial charge in [-0.1, -0.05) is 38.4 Å². The number of ether oxygens (including phenoxy) is 2. The summed E-state index contributed by atoms with van der Waals surface area (Å²) in [5.74, 6) is 0.713. The predicted octanol–water partition coefficient (Wildman–Crippen LogP) is 2.73. The first kappa shape index (κ1) is 16.6. The molecule has 0 saturated heterocycles. The molecule has 6 heteroatoms. The molecule has 120 valence electrons. The third-order valence-electron chi connectivity index (χ3n) is 3.49. The van der Waals surface area contributed by atoms with Crippen molar-refractivity contribution in [2.24, 2.45) is 5.41 Å². The summed E-state index contributed by atoms with van der Waals surface area (Å²) >= 11 is 6.24. The van der Waals surface area contributed by atoms with Gasteiger partial charge in [0.05, 0.1) is 17.5 Å². The van der Waals surface area contributed by atoms with Crippen LogP contribution in [-0.2, 0) is 16.0 Å². The van der Waals surface area contributed by atoms with E-state index in [0.29, 0.717) is 22.1 Å². The molecule has 1 N–H and O–H groups in total. The molecular weight excluding hydrogens is 306 g/mol. The lowest BCUT2D eigenvalue weighted by Crippen LogP contribution is -2.48. The maximum absolute atomic E-state index is 12.2. The third kappa shape index (κ3) is 3.53. The van der Waals surface area contributed by atoms with Gasteiger partial charge in [-0.25, -0.2) is 0 Å². The van der Waals surface area contributed by atoms with Gasteiger partial charge in [0.25, 0.3) is 0 Å². The second-order valence-corrected chi connectivity index (χ2v) is 6.80. The van der Waals surface area contributed by atoms with Crippen LogP contribution in [0.15, 0.2) is 12.1 Å². The number of carbonyl (C=O) groups is 2. The van der Waals surface area contributed by atoms with Crippen molar-refractivity contribution >= 4 is 23.3 Å². The zero-order chi connectivity index (χ0) is 16.5. The zero-order valence-electron chi connectivity index (χ0n) is 13.2. The molecule has 1 amide bonds. The van der Waals surface area contributed by atoms with E-state index in [2.05, 4.69) is 5.32 Å². The smallest absolute Gasteiger partial charge is 0.231 e. The highest BCUT2D eigenvalue weighted by atomic mass is 35.5. The molecule has 1 unspecified atom stereocenters. The number of rotatable bonds is 4. The van der Waals surface area contributed by atoms with Crippen LogP contribution in [-0.4, -0.2) is 24.5 Å². The number of hydrogen-bond acceptors (Lipinski definition) is 4. The molecule has 1 aromatic rings. The standard InChI is InChI=1S/C16H20ClNO4/c1-9(19)15(16(2,3)4)18-12(20)7-10-5-6-11-14(13(10)17)22-8-21-11/h5-6,15H,7-8H2,1-4H3,(H,18,20). The number of amides is 1. The molecule has 0 aliphatic carbocycles. The van der Waals surface area contributed by atoms with Crippen LogP contribution in [0.2, 0.25) is 5.02 Å². The van der Waals surface area contributed by atoms with Gasteiger partial charge in [0.1, 0.15) is 0 Å². The van der Waals surface area contributed by atoms with Gasteiger partial charge in [-0.3, -0.25) is 9.59 Å². The van der Waals surface area contributed by atoms with Crippen molar-refractivity contribution in [1.29, 1.82) is 0 Å². The maximum atomic E-state index is 12.2. The van der Waals surface area contributed by atoms with Crippen molar-refractivity contribution in [3.05, 3.63) is 22.7 Å². The van der Waals surface area contributed by atoms with E-state index in [4.69, 9.17) is 21.1 Å². The average molecular weight is 326 g/mol. The Morgan fingerprint density at radius 1 is 1.32 bits per heavy atom. The van der Waals surface area contributed by atoms with Gasteiger partial charge in [0, 0.05) is 0 Å². The van der Waals surface area contributed by atoms with Gasteiger partial charge in [-0.2, -0.15) is 0 Å². The van der Waals surface area contributed by atoms with Crippen molar-refractivity contribution < 1.29 is 19.1 Å². The van der Waals surface area contributed by atoms with Crippen molar-refractivity contribution in [2.45, 2.75) is 40.2 Å². The van der Waals surface area contributed by atoms with Crippen LogP contribution in [0.25, 0.3) is 0 Å². The summed E-state index contributed by atoms with van der Waals surface area (Å²) in [5.41, 5.74) is 0.291. The van der Waals surface area contributed by atoms with E-state index in [1.807, 2.05) is 20.8 Å². The van der Waals surface area contributed by atoms with Crippen LogP contribution >= 0.6 is 11.6 Å². The van der Waals surface area contributed by atoms with E-state index in [-0.39, 0.29) is 30.3 Å². The fraction of sp³-hybridized carbons (Fsp3) is 0.500. The van der Waals surface area contributed by atoms with E-state index < -0.39 is 6.04 Å². The molecule has 0 spiro atoms. The number of benzene rings is 1. The van der Waals surface area contributed by atoms with E-state index in [9.17, 15) is 9.59 Å². The fourth-order valence-corrected chi connectivity index (χ4v) is 2.71. The summed E-state index contributed by atoms with van der Waals surface area (Å²) in [7, 11) is 0. The predicted molar refractivity (Wildman–Crippen MR) is 83.3 cm³/mol. The van der Waals surface area contributed by atoms with E-state index in [0.717, 1.165) is 0 Å². The van der Waals surface area contributed by atoms with Gasteiger partial charge in [0.15, 0.2) is 17.3 Å². The van der Waals surface area contributed by atoms with Crippen molar-refractivity contribution in [3.63, 3.8) is 0 Å². The fourth-order valence-electron chi connectivity index (χ4n) is 2.43. The van der Waals surface area contributed by atoms with Gasteiger partial charge in [0.2, 0.25) is 12.7 Å². The highest BCUT2D eigenvalue weighted by molar-refractivity contribution is 6.33. The van der Waals surface area contributed by atoms with Crippen LogP contribution in [0, 0.1) is 5.41 Å². The Kier molecular flexibility index (Phi) is 4.66. The molecular formula is C16H20ClNO4. The molecule has 1 aliphatic rings. The molecule has 0 saturated carbocycles. The second-order valence-electron chi connectivity index (χ2n) is 6.43. The number of ketones is 1. The quantitative estimate of drug-likeness (QED) is 0.924. The molecule has 1 atom stereocenters. The lowest BCUT2D eigenvalue weighted by molar-refractivity contribution is -0.128. The molecule has 0 aromatic heterocycles. The Bertz CT molecular complexity index is 607. The Morgan fingerprint density at radius 3 is 2.59 bits per heavy atom. The number of Topliss-reactive ketones (excluding diaryl/α,β-unsaturated/α-hetero) is 1. The van der Waals surface area contributed by atoms with E-state index >= 15 is 0 Å². The van der Waals surface area contributed by atoms with Gasteiger partial charge < -0.3 is 14.8 Å². The van der Waals surface area contributed by atoms with Crippen molar-refractivity contribution in [3.8, 4) is 11.5 Å². The molecule has 1 aromatic carbocycles. The molecule has 1 aliphatic heterocycles. The Labute approximate surface area is 134 Å². The van der Waals surface area contributed by atoms with Crippen LogP contribution in [0.1, 0.15) is 33.3 Å². The zero-order valence-corrected chi connectivity index (χ0v) is 13.9. The van der Waals surface area contributed by atoms with Crippen LogP contribution in [0.4, 0.5) is 0 Å². The molecule has 0 radical (unpaired) electrons. The number of nitrogens with one attached hydrogen (secondary N) is 1. The normalized spacial score (nSPS) is 14.6. The first-order valence-electron chi connectivity index (χ1n) is 7.07. The summed E-state index contributed by atoms with van der Waals surface area (Å²) in [6.45, 7) is 7.33. The summed E-state index contributed by atoms with van der Waals surface area (Å²) in [5, 5.41) is 3.16. The minimum Gasteiger partial charge on any atom is -0.454 e. The molecule has 22 heavy (non-hydrogen) atoms. The average Bonchev–Trinajstić information content (AvgIpc) is 2.87. The summed E-state index contributed by atoms with van der Waals surface area (Å²) in [6.07, 6.45) is 0.0787. The summed E-state index contributed by atoms with van der Waals surface area (Å²) in [6, 6.07) is 2.92.